The fourth-order valence-corrected chi connectivity index (χ4v) is 3.04. The van der Waals surface area contributed by atoms with E-state index in [-0.39, 0.29) is 18.4 Å². The minimum absolute atomic E-state index is 0.141. The number of amides is 1. The van der Waals surface area contributed by atoms with Crippen LogP contribution in [0.5, 0.6) is 0 Å². The van der Waals surface area contributed by atoms with E-state index >= 15 is 0 Å². The number of aromatic nitrogens is 1. The molecular formula is C18H21BrN2O3. The Kier molecular flexibility index (Phi) is 5.83. The van der Waals surface area contributed by atoms with Crippen molar-refractivity contribution in [1.29, 1.82) is 0 Å². The first-order chi connectivity index (χ1) is 11.3. The highest BCUT2D eigenvalue weighted by molar-refractivity contribution is 9.10. The van der Waals surface area contributed by atoms with Crippen molar-refractivity contribution in [2.75, 3.05) is 11.9 Å². The number of hydrogen-bond donors (Lipinski definition) is 1. The van der Waals surface area contributed by atoms with Gasteiger partial charge in [0.2, 0.25) is 5.91 Å². The molecule has 0 aliphatic rings. The summed E-state index contributed by atoms with van der Waals surface area (Å²) < 4.78 is 7.83. The van der Waals surface area contributed by atoms with Crippen LogP contribution in [0.25, 0.3) is 0 Å². The Labute approximate surface area is 150 Å². The Balaban J connectivity index is 2.16. The topological polar surface area (TPSA) is 60.3 Å². The van der Waals surface area contributed by atoms with Crippen molar-refractivity contribution >= 4 is 33.5 Å². The van der Waals surface area contributed by atoms with Crippen LogP contribution in [-0.2, 0) is 16.1 Å². The zero-order valence-corrected chi connectivity index (χ0v) is 15.9. The Morgan fingerprint density at radius 2 is 1.92 bits per heavy atom. The Morgan fingerprint density at radius 3 is 2.54 bits per heavy atom. The molecule has 0 bridgehead atoms. The van der Waals surface area contributed by atoms with Crippen LogP contribution in [0, 0.1) is 20.8 Å². The van der Waals surface area contributed by atoms with Crippen LogP contribution in [0.15, 0.2) is 28.7 Å². The zero-order valence-electron chi connectivity index (χ0n) is 14.3. The average Bonchev–Trinajstić information content (AvgIpc) is 2.78. The van der Waals surface area contributed by atoms with E-state index in [0.717, 1.165) is 27.1 Å². The summed E-state index contributed by atoms with van der Waals surface area (Å²) in [6.07, 6.45) is 0. The first kappa shape index (κ1) is 18.3. The summed E-state index contributed by atoms with van der Waals surface area (Å²) in [5.74, 6) is -0.501. The molecule has 2 aromatic rings. The minimum Gasteiger partial charge on any atom is -0.462 e. The van der Waals surface area contributed by atoms with E-state index in [1.54, 1.807) is 13.0 Å². The fourth-order valence-electron chi connectivity index (χ4n) is 2.56. The number of ether oxygens (including phenoxy) is 1. The fraction of sp³-hybridized carbons (Fsp3) is 0.333. The van der Waals surface area contributed by atoms with E-state index in [1.165, 1.54) is 0 Å². The lowest BCUT2D eigenvalue weighted by Gasteiger charge is -2.12. The molecule has 0 fully saturated rings. The van der Waals surface area contributed by atoms with Crippen molar-refractivity contribution in [2.45, 2.75) is 34.2 Å². The van der Waals surface area contributed by atoms with Gasteiger partial charge in [-0.15, -0.1) is 0 Å². The molecule has 0 unspecified atom stereocenters. The highest BCUT2D eigenvalue weighted by Crippen LogP contribution is 2.21. The van der Waals surface area contributed by atoms with Crippen LogP contribution in [0.3, 0.4) is 0 Å². The average molecular weight is 393 g/mol. The van der Waals surface area contributed by atoms with Gasteiger partial charge in [-0.3, -0.25) is 4.79 Å². The summed E-state index contributed by atoms with van der Waals surface area (Å²) in [4.78, 5) is 24.3. The van der Waals surface area contributed by atoms with E-state index in [0.29, 0.717) is 12.2 Å². The molecule has 1 aromatic heterocycles. The van der Waals surface area contributed by atoms with Gasteiger partial charge in [-0.25, -0.2) is 4.79 Å². The quantitative estimate of drug-likeness (QED) is 0.782. The van der Waals surface area contributed by atoms with Crippen molar-refractivity contribution in [3.8, 4) is 0 Å². The third kappa shape index (κ3) is 4.06. The maximum Gasteiger partial charge on any atom is 0.339 e. The van der Waals surface area contributed by atoms with Crippen LogP contribution in [0.4, 0.5) is 5.69 Å². The Hall–Kier alpha value is -2.08. The number of rotatable bonds is 5. The molecule has 0 radical (unpaired) electrons. The van der Waals surface area contributed by atoms with E-state index in [2.05, 4.69) is 21.2 Å². The van der Waals surface area contributed by atoms with Crippen molar-refractivity contribution in [2.24, 2.45) is 0 Å². The molecule has 24 heavy (non-hydrogen) atoms. The number of esters is 1. The second-order valence-corrected chi connectivity index (χ2v) is 6.51. The molecule has 0 aliphatic carbocycles. The largest absolute Gasteiger partial charge is 0.462 e. The molecule has 1 heterocycles. The molecule has 0 spiro atoms. The SMILES string of the molecule is CCOC(=O)c1cc(C)n(CC(=O)Nc2ccc(Br)cc2C)c1C. The maximum absolute atomic E-state index is 12.4. The van der Waals surface area contributed by atoms with E-state index < -0.39 is 0 Å². The molecule has 128 valence electrons. The van der Waals surface area contributed by atoms with Crippen LogP contribution in [-0.4, -0.2) is 23.1 Å². The lowest BCUT2D eigenvalue weighted by molar-refractivity contribution is -0.116. The van der Waals surface area contributed by atoms with Crippen LogP contribution in [0.1, 0.15) is 34.2 Å². The highest BCUT2D eigenvalue weighted by atomic mass is 79.9. The number of aryl methyl sites for hydroxylation is 2. The van der Waals surface area contributed by atoms with Crippen molar-refractivity contribution < 1.29 is 14.3 Å². The van der Waals surface area contributed by atoms with Crippen molar-refractivity contribution in [1.82, 2.24) is 4.57 Å². The molecule has 0 atom stereocenters. The van der Waals surface area contributed by atoms with Gasteiger partial charge < -0.3 is 14.6 Å². The van der Waals surface area contributed by atoms with Crippen LogP contribution < -0.4 is 5.32 Å². The second-order valence-electron chi connectivity index (χ2n) is 5.60. The molecule has 0 saturated heterocycles. The van der Waals surface area contributed by atoms with Gasteiger partial charge in [-0.2, -0.15) is 0 Å². The summed E-state index contributed by atoms with van der Waals surface area (Å²) in [7, 11) is 0. The van der Waals surface area contributed by atoms with Crippen LogP contribution in [0.2, 0.25) is 0 Å². The molecule has 0 saturated carbocycles. The Morgan fingerprint density at radius 1 is 1.21 bits per heavy atom. The number of halogens is 1. The molecule has 2 rings (SSSR count). The van der Waals surface area contributed by atoms with Gasteiger partial charge in [0.1, 0.15) is 6.54 Å². The normalized spacial score (nSPS) is 10.5. The predicted molar refractivity (Wildman–Crippen MR) is 97.4 cm³/mol. The number of nitrogens with one attached hydrogen (secondary N) is 1. The van der Waals surface area contributed by atoms with Crippen molar-refractivity contribution in [3.05, 3.63) is 51.3 Å². The van der Waals surface area contributed by atoms with Crippen molar-refractivity contribution in [3.63, 3.8) is 0 Å². The summed E-state index contributed by atoms with van der Waals surface area (Å²) in [5.41, 5.74) is 3.83. The maximum atomic E-state index is 12.4. The Bertz CT molecular complexity index is 781. The predicted octanol–water partition coefficient (Wildman–Crippen LogP) is 3.99. The number of anilines is 1. The van der Waals surface area contributed by atoms with Crippen LogP contribution >= 0.6 is 15.9 Å². The van der Waals surface area contributed by atoms with E-state index in [9.17, 15) is 9.59 Å². The van der Waals surface area contributed by atoms with Gasteiger partial charge >= 0.3 is 5.97 Å². The lowest BCUT2D eigenvalue weighted by Crippen LogP contribution is -2.21. The first-order valence-electron chi connectivity index (χ1n) is 7.73. The van der Waals surface area contributed by atoms with Gasteiger partial charge in [0, 0.05) is 21.5 Å². The molecule has 5 nitrogen and oxygen atoms in total. The number of carbonyl (C=O) groups is 2. The van der Waals surface area contributed by atoms with Gasteiger partial charge in [-0.05, 0) is 57.5 Å². The minimum atomic E-state index is -0.360. The number of carbonyl (C=O) groups excluding carboxylic acids is 2. The third-order valence-electron chi connectivity index (χ3n) is 3.83. The molecule has 1 amide bonds. The zero-order chi connectivity index (χ0) is 17.9. The number of nitrogens with zero attached hydrogens (tertiary/aromatic N) is 1. The lowest BCUT2D eigenvalue weighted by atomic mass is 10.2. The number of benzene rings is 1. The smallest absolute Gasteiger partial charge is 0.339 e. The summed E-state index contributed by atoms with van der Waals surface area (Å²) >= 11 is 3.40. The second kappa shape index (κ2) is 7.66. The van der Waals surface area contributed by atoms with E-state index in [1.807, 2.05) is 43.5 Å². The van der Waals surface area contributed by atoms with Gasteiger partial charge in [-0.1, -0.05) is 15.9 Å². The number of hydrogen-bond acceptors (Lipinski definition) is 3. The highest BCUT2D eigenvalue weighted by Gasteiger charge is 2.18. The molecule has 1 N–H and O–H groups in total. The molecule has 1 aromatic carbocycles. The summed E-state index contributed by atoms with van der Waals surface area (Å²) in [6.45, 7) is 7.86. The summed E-state index contributed by atoms with van der Waals surface area (Å²) in [5, 5.41) is 2.91. The monoisotopic (exact) mass is 392 g/mol. The molecular weight excluding hydrogens is 372 g/mol. The molecule has 0 aliphatic heterocycles. The van der Waals surface area contributed by atoms with E-state index in [4.69, 9.17) is 4.74 Å². The van der Waals surface area contributed by atoms with Gasteiger partial charge in [0.15, 0.2) is 0 Å². The van der Waals surface area contributed by atoms with Gasteiger partial charge in [0.25, 0.3) is 0 Å². The molecule has 6 heteroatoms. The first-order valence-corrected chi connectivity index (χ1v) is 8.52. The van der Waals surface area contributed by atoms with Gasteiger partial charge in [0.05, 0.1) is 12.2 Å². The third-order valence-corrected chi connectivity index (χ3v) is 4.33. The summed E-state index contributed by atoms with van der Waals surface area (Å²) in [6, 6.07) is 7.44. The standard InChI is InChI=1S/C18H21BrN2O3/c1-5-24-18(23)15-9-12(3)21(13(15)4)10-17(22)20-16-7-6-14(19)8-11(16)2/h6-9H,5,10H2,1-4H3,(H,20,22).